The molecule has 6 heteroatoms. The average Bonchev–Trinajstić information content (AvgIpc) is 2.93. The van der Waals surface area contributed by atoms with Gasteiger partial charge in [-0.1, -0.05) is 41.9 Å². The molecule has 0 bridgehead atoms. The summed E-state index contributed by atoms with van der Waals surface area (Å²) in [5.41, 5.74) is 1.32. The second-order valence-electron chi connectivity index (χ2n) is 4.96. The summed E-state index contributed by atoms with van der Waals surface area (Å²) in [6, 6.07) is 14.0. The molecule has 0 amide bonds. The summed E-state index contributed by atoms with van der Waals surface area (Å²) in [5, 5.41) is 0.219. The minimum atomic E-state index is -0.567. The predicted octanol–water partition coefficient (Wildman–Crippen LogP) is 3.61. The minimum absolute atomic E-state index is 0.121. The number of esters is 2. The van der Waals surface area contributed by atoms with Gasteiger partial charge in [0.1, 0.15) is 5.75 Å². The van der Waals surface area contributed by atoms with Crippen LogP contribution in [0.1, 0.15) is 18.1 Å². The lowest BCUT2D eigenvalue weighted by atomic mass is 10.2. The number of nitrogens with zero attached hydrogens (tertiary/aromatic N) is 1. The summed E-state index contributed by atoms with van der Waals surface area (Å²) in [4.78, 5) is 27.3. The van der Waals surface area contributed by atoms with Crippen molar-refractivity contribution in [1.29, 1.82) is 0 Å². The Morgan fingerprint density at radius 1 is 1.17 bits per heavy atom. The molecular formula is C18H12ClNO4. The van der Waals surface area contributed by atoms with E-state index >= 15 is 0 Å². The van der Waals surface area contributed by atoms with Crippen LogP contribution in [0.15, 0.2) is 59.2 Å². The highest BCUT2D eigenvalue weighted by molar-refractivity contribution is 6.33. The highest BCUT2D eigenvalue weighted by Gasteiger charge is 2.24. The number of benzene rings is 2. The Bertz CT molecular complexity index is 872. The maximum Gasteiger partial charge on any atom is 0.363 e. The zero-order valence-corrected chi connectivity index (χ0v) is 13.4. The van der Waals surface area contributed by atoms with Crippen LogP contribution in [0.25, 0.3) is 6.08 Å². The van der Waals surface area contributed by atoms with Crippen LogP contribution < -0.4 is 4.74 Å². The number of hydrogen-bond donors (Lipinski definition) is 0. The molecule has 0 aliphatic carbocycles. The van der Waals surface area contributed by atoms with Crippen molar-refractivity contribution >= 4 is 35.5 Å². The normalized spacial score (nSPS) is 15.2. The van der Waals surface area contributed by atoms with Gasteiger partial charge in [0, 0.05) is 12.5 Å². The van der Waals surface area contributed by atoms with E-state index < -0.39 is 11.9 Å². The fraction of sp³-hybridized carbons (Fsp3) is 0.0556. The van der Waals surface area contributed by atoms with Crippen LogP contribution >= 0.6 is 11.6 Å². The van der Waals surface area contributed by atoms with E-state index in [-0.39, 0.29) is 22.4 Å². The molecule has 0 N–H and O–H groups in total. The minimum Gasteiger partial charge on any atom is -0.425 e. The molecule has 0 saturated heterocycles. The van der Waals surface area contributed by atoms with E-state index in [1.54, 1.807) is 30.3 Å². The number of carbonyl (C=O) groups is 2. The highest BCUT2D eigenvalue weighted by atomic mass is 35.5. The second kappa shape index (κ2) is 6.68. The first-order valence-corrected chi connectivity index (χ1v) is 7.47. The van der Waals surface area contributed by atoms with Crippen molar-refractivity contribution in [2.45, 2.75) is 6.92 Å². The van der Waals surface area contributed by atoms with Crippen LogP contribution in [0.5, 0.6) is 5.75 Å². The number of rotatable bonds is 3. The molecule has 0 saturated carbocycles. The van der Waals surface area contributed by atoms with Crippen molar-refractivity contribution in [1.82, 2.24) is 0 Å². The van der Waals surface area contributed by atoms with E-state index in [4.69, 9.17) is 21.1 Å². The summed E-state index contributed by atoms with van der Waals surface area (Å²) in [7, 11) is 0. The number of halogens is 1. The smallest absolute Gasteiger partial charge is 0.363 e. The number of ether oxygens (including phenoxy) is 2. The fourth-order valence-electron chi connectivity index (χ4n) is 2.13. The third kappa shape index (κ3) is 3.36. The van der Waals surface area contributed by atoms with Gasteiger partial charge in [-0.25, -0.2) is 9.79 Å². The summed E-state index contributed by atoms with van der Waals surface area (Å²) in [6.45, 7) is 1.28. The van der Waals surface area contributed by atoms with Gasteiger partial charge in [-0.15, -0.1) is 0 Å². The van der Waals surface area contributed by atoms with Crippen molar-refractivity contribution in [2.24, 2.45) is 4.99 Å². The molecule has 0 spiro atoms. The molecule has 0 unspecified atom stereocenters. The summed E-state index contributed by atoms with van der Waals surface area (Å²) in [5.74, 6) is -0.592. The zero-order valence-electron chi connectivity index (χ0n) is 12.7. The monoisotopic (exact) mass is 341 g/mol. The first-order valence-electron chi connectivity index (χ1n) is 7.09. The van der Waals surface area contributed by atoms with Crippen LogP contribution in [0.4, 0.5) is 0 Å². The van der Waals surface area contributed by atoms with Crippen molar-refractivity contribution in [3.63, 3.8) is 0 Å². The third-order valence-corrected chi connectivity index (χ3v) is 3.58. The van der Waals surface area contributed by atoms with Crippen LogP contribution in [0.3, 0.4) is 0 Å². The van der Waals surface area contributed by atoms with E-state index in [0.717, 1.165) is 0 Å². The van der Waals surface area contributed by atoms with Gasteiger partial charge >= 0.3 is 11.9 Å². The molecular weight excluding hydrogens is 330 g/mol. The molecule has 3 rings (SSSR count). The lowest BCUT2D eigenvalue weighted by Crippen LogP contribution is -2.05. The highest BCUT2D eigenvalue weighted by Crippen LogP contribution is 2.31. The van der Waals surface area contributed by atoms with Gasteiger partial charge in [-0.05, 0) is 29.8 Å². The average molecular weight is 342 g/mol. The van der Waals surface area contributed by atoms with Crippen molar-refractivity contribution in [2.75, 3.05) is 0 Å². The third-order valence-electron chi connectivity index (χ3n) is 3.18. The zero-order chi connectivity index (χ0) is 17.1. The Kier molecular flexibility index (Phi) is 4.44. The Morgan fingerprint density at radius 2 is 1.92 bits per heavy atom. The first kappa shape index (κ1) is 16.0. The lowest BCUT2D eigenvalue weighted by molar-refractivity contribution is -0.132. The number of cyclic esters (lactones) is 1. The second-order valence-corrected chi connectivity index (χ2v) is 5.33. The Labute approximate surface area is 143 Å². The van der Waals surface area contributed by atoms with E-state index in [9.17, 15) is 9.59 Å². The molecule has 0 fully saturated rings. The molecule has 0 aromatic heterocycles. The molecule has 2 aromatic rings. The standard InChI is InChI=1S/C18H12ClNO4/c1-11(21)23-15-9-5-8-13(16(15)19)10-14-18(22)24-17(20-14)12-6-3-2-4-7-12/h2-10H,1H3/b14-10-. The molecule has 1 aliphatic rings. The van der Waals surface area contributed by atoms with Crippen LogP contribution in [-0.2, 0) is 14.3 Å². The molecule has 24 heavy (non-hydrogen) atoms. The van der Waals surface area contributed by atoms with Gasteiger partial charge in [0.05, 0.1) is 5.02 Å². The lowest BCUT2D eigenvalue weighted by Gasteiger charge is -2.06. The Balaban J connectivity index is 1.95. The van der Waals surface area contributed by atoms with Gasteiger partial charge in [0.2, 0.25) is 5.90 Å². The molecule has 0 radical (unpaired) electrons. The SMILES string of the molecule is CC(=O)Oc1cccc(/C=C2\N=C(c3ccccc3)OC2=O)c1Cl. The van der Waals surface area contributed by atoms with Crippen LogP contribution in [0, 0.1) is 0 Å². The van der Waals surface area contributed by atoms with Gasteiger partial charge in [-0.3, -0.25) is 4.79 Å². The summed E-state index contributed by atoms with van der Waals surface area (Å²) >= 11 is 6.21. The number of carbonyl (C=O) groups excluding carboxylic acids is 2. The number of aliphatic imine (C=N–C) groups is 1. The molecule has 2 aromatic carbocycles. The van der Waals surface area contributed by atoms with E-state index in [1.165, 1.54) is 13.0 Å². The predicted molar refractivity (Wildman–Crippen MR) is 89.8 cm³/mol. The summed E-state index contributed by atoms with van der Waals surface area (Å²) < 4.78 is 10.2. The van der Waals surface area contributed by atoms with Crippen LogP contribution in [-0.4, -0.2) is 17.8 Å². The van der Waals surface area contributed by atoms with Crippen molar-refractivity contribution in [3.05, 3.63) is 70.4 Å². The largest absolute Gasteiger partial charge is 0.425 e. The topological polar surface area (TPSA) is 65.0 Å². The molecule has 1 aliphatic heterocycles. The Morgan fingerprint density at radius 3 is 2.62 bits per heavy atom. The molecule has 1 heterocycles. The maximum absolute atomic E-state index is 12.0. The summed E-state index contributed by atoms with van der Waals surface area (Å²) in [6.07, 6.45) is 1.49. The maximum atomic E-state index is 12.0. The van der Waals surface area contributed by atoms with Gasteiger partial charge < -0.3 is 9.47 Å². The van der Waals surface area contributed by atoms with Gasteiger partial charge in [-0.2, -0.15) is 0 Å². The van der Waals surface area contributed by atoms with Gasteiger partial charge in [0.15, 0.2) is 5.70 Å². The molecule has 0 atom stereocenters. The molecule has 120 valence electrons. The van der Waals surface area contributed by atoms with E-state index in [1.807, 2.05) is 18.2 Å². The van der Waals surface area contributed by atoms with Gasteiger partial charge in [0.25, 0.3) is 0 Å². The number of hydrogen-bond acceptors (Lipinski definition) is 5. The van der Waals surface area contributed by atoms with E-state index in [0.29, 0.717) is 11.1 Å². The van der Waals surface area contributed by atoms with Crippen molar-refractivity contribution < 1.29 is 19.1 Å². The van der Waals surface area contributed by atoms with Crippen LogP contribution in [0.2, 0.25) is 5.02 Å². The Hall–Kier alpha value is -2.92. The quantitative estimate of drug-likeness (QED) is 0.486. The first-order chi connectivity index (χ1) is 11.5. The van der Waals surface area contributed by atoms with E-state index in [2.05, 4.69) is 4.99 Å². The van der Waals surface area contributed by atoms with Crippen molar-refractivity contribution in [3.8, 4) is 5.75 Å². The fourth-order valence-corrected chi connectivity index (χ4v) is 2.35. The molecule has 5 nitrogen and oxygen atoms in total.